The van der Waals surface area contributed by atoms with Crippen LogP contribution in [0, 0.1) is 0 Å². The lowest BCUT2D eigenvalue weighted by molar-refractivity contribution is 0.283. The summed E-state index contributed by atoms with van der Waals surface area (Å²) in [5, 5.41) is 0. The molecule has 1 N–H and O–H groups in total. The van der Waals surface area contributed by atoms with Crippen LogP contribution < -0.4 is 0 Å². The number of allylic oxidation sites excluding steroid dienone is 1. The summed E-state index contributed by atoms with van der Waals surface area (Å²) < 4.78 is 16.0. The Kier molecular flexibility index (Phi) is 10.9. The van der Waals surface area contributed by atoms with E-state index >= 15 is 0 Å². The molecular weight excluding hydrogens is 235 g/mol. The zero-order valence-electron chi connectivity index (χ0n) is 11.2. The Hall–Kier alpha value is -0.110. The number of rotatable bonds is 11. The fraction of sp³-hybridized carbons (Fsp3) is 0.846. The SMILES string of the molecule is CCCCCCCCCC=CP(=O)(O)OCC. The predicted octanol–water partition coefficient (Wildman–Crippen LogP) is 4.86. The summed E-state index contributed by atoms with van der Waals surface area (Å²) in [6.45, 7) is 4.21. The van der Waals surface area contributed by atoms with E-state index in [1.54, 1.807) is 13.0 Å². The Balaban J connectivity index is 3.39. The first-order chi connectivity index (χ1) is 8.12. The molecule has 0 radical (unpaired) electrons. The Morgan fingerprint density at radius 1 is 1.06 bits per heavy atom. The lowest BCUT2D eigenvalue weighted by atomic mass is 10.1. The highest BCUT2D eigenvalue weighted by atomic mass is 31.2. The molecule has 0 aliphatic heterocycles. The number of hydrogen-bond donors (Lipinski definition) is 1. The van der Waals surface area contributed by atoms with Crippen LogP contribution in [0.15, 0.2) is 11.9 Å². The van der Waals surface area contributed by atoms with E-state index in [2.05, 4.69) is 6.92 Å². The summed E-state index contributed by atoms with van der Waals surface area (Å²) in [5.41, 5.74) is 0. The highest BCUT2D eigenvalue weighted by Gasteiger charge is 2.11. The van der Waals surface area contributed by atoms with Gasteiger partial charge in [0.05, 0.1) is 6.61 Å². The highest BCUT2D eigenvalue weighted by molar-refractivity contribution is 7.56. The van der Waals surface area contributed by atoms with Gasteiger partial charge in [0.2, 0.25) is 0 Å². The normalized spacial score (nSPS) is 15.2. The largest absolute Gasteiger partial charge is 0.351 e. The zero-order chi connectivity index (χ0) is 13.0. The molecule has 0 saturated heterocycles. The first-order valence-electron chi connectivity index (χ1n) is 6.77. The predicted molar refractivity (Wildman–Crippen MR) is 73.2 cm³/mol. The van der Waals surface area contributed by atoms with Gasteiger partial charge in [0.25, 0.3) is 0 Å². The molecule has 0 spiro atoms. The lowest BCUT2D eigenvalue weighted by Gasteiger charge is -2.04. The van der Waals surface area contributed by atoms with E-state index < -0.39 is 7.60 Å². The van der Waals surface area contributed by atoms with Crippen LogP contribution in [0.25, 0.3) is 0 Å². The third kappa shape index (κ3) is 12.1. The Morgan fingerprint density at radius 3 is 2.24 bits per heavy atom. The fourth-order valence-corrected chi connectivity index (χ4v) is 2.53. The second-order valence-corrected chi connectivity index (χ2v) is 5.96. The van der Waals surface area contributed by atoms with E-state index in [9.17, 15) is 9.46 Å². The van der Waals surface area contributed by atoms with E-state index in [4.69, 9.17) is 4.52 Å². The van der Waals surface area contributed by atoms with Crippen molar-refractivity contribution in [1.82, 2.24) is 0 Å². The van der Waals surface area contributed by atoms with Crippen LogP contribution in [0.2, 0.25) is 0 Å². The maximum absolute atomic E-state index is 11.3. The molecule has 0 aromatic heterocycles. The van der Waals surface area contributed by atoms with Crippen LogP contribution >= 0.6 is 7.60 Å². The van der Waals surface area contributed by atoms with Gasteiger partial charge in [0.15, 0.2) is 0 Å². The average molecular weight is 262 g/mol. The standard InChI is InChI=1S/C13H27O3P/c1-3-5-6-7-8-9-10-11-12-13-17(14,15)16-4-2/h12-13H,3-11H2,1-2H3,(H,14,15). The molecule has 1 atom stereocenters. The molecule has 17 heavy (non-hydrogen) atoms. The Bertz CT molecular complexity index is 239. The van der Waals surface area contributed by atoms with Crippen LogP contribution in [0.4, 0.5) is 0 Å². The Morgan fingerprint density at radius 2 is 1.65 bits per heavy atom. The summed E-state index contributed by atoms with van der Waals surface area (Å²) in [6, 6.07) is 0. The first-order valence-corrected chi connectivity index (χ1v) is 8.41. The van der Waals surface area contributed by atoms with E-state index in [0.717, 1.165) is 12.8 Å². The van der Waals surface area contributed by atoms with Crippen molar-refractivity contribution in [2.24, 2.45) is 0 Å². The van der Waals surface area contributed by atoms with Crippen molar-refractivity contribution in [3.05, 3.63) is 11.9 Å². The van der Waals surface area contributed by atoms with Crippen molar-refractivity contribution >= 4 is 7.60 Å². The van der Waals surface area contributed by atoms with E-state index in [1.165, 1.54) is 44.3 Å². The minimum absolute atomic E-state index is 0.273. The van der Waals surface area contributed by atoms with Gasteiger partial charge in [-0.05, 0) is 19.8 Å². The van der Waals surface area contributed by atoms with Crippen molar-refractivity contribution in [3.8, 4) is 0 Å². The molecule has 0 saturated carbocycles. The van der Waals surface area contributed by atoms with Crippen molar-refractivity contribution < 1.29 is 14.0 Å². The number of unbranched alkanes of at least 4 members (excludes halogenated alkanes) is 7. The van der Waals surface area contributed by atoms with Gasteiger partial charge in [-0.15, -0.1) is 0 Å². The molecule has 1 unspecified atom stereocenters. The first kappa shape index (κ1) is 16.9. The monoisotopic (exact) mass is 262 g/mol. The second kappa shape index (κ2) is 11.0. The Labute approximate surface area is 106 Å². The van der Waals surface area contributed by atoms with Gasteiger partial charge in [0, 0.05) is 5.82 Å². The van der Waals surface area contributed by atoms with Gasteiger partial charge >= 0.3 is 7.60 Å². The van der Waals surface area contributed by atoms with Gasteiger partial charge in [-0.1, -0.05) is 51.5 Å². The third-order valence-electron chi connectivity index (χ3n) is 2.58. The van der Waals surface area contributed by atoms with Gasteiger partial charge in [0.1, 0.15) is 0 Å². The van der Waals surface area contributed by atoms with Gasteiger partial charge in [-0.25, -0.2) is 0 Å². The van der Waals surface area contributed by atoms with Crippen molar-refractivity contribution in [3.63, 3.8) is 0 Å². The van der Waals surface area contributed by atoms with E-state index in [0.29, 0.717) is 0 Å². The molecule has 0 bridgehead atoms. The molecule has 102 valence electrons. The van der Waals surface area contributed by atoms with Crippen LogP contribution in [0.5, 0.6) is 0 Å². The van der Waals surface area contributed by atoms with Crippen molar-refractivity contribution in [2.75, 3.05) is 6.61 Å². The average Bonchev–Trinajstić information content (AvgIpc) is 2.27. The summed E-state index contributed by atoms with van der Waals surface area (Å²) in [5.74, 6) is 1.31. The number of hydrogen-bond acceptors (Lipinski definition) is 2. The molecule has 0 aromatic rings. The topological polar surface area (TPSA) is 46.5 Å². The van der Waals surface area contributed by atoms with Gasteiger partial charge in [-0.2, -0.15) is 0 Å². The lowest BCUT2D eigenvalue weighted by Crippen LogP contribution is -1.84. The minimum atomic E-state index is -3.44. The molecule has 0 aliphatic rings. The fourth-order valence-electron chi connectivity index (χ4n) is 1.66. The zero-order valence-corrected chi connectivity index (χ0v) is 12.1. The molecule has 0 amide bonds. The van der Waals surface area contributed by atoms with Crippen LogP contribution in [-0.2, 0) is 9.09 Å². The highest BCUT2D eigenvalue weighted by Crippen LogP contribution is 2.43. The molecule has 0 aromatic carbocycles. The molecular formula is C13H27O3P. The van der Waals surface area contributed by atoms with Gasteiger partial charge in [-0.3, -0.25) is 4.57 Å². The molecule has 0 fully saturated rings. The van der Waals surface area contributed by atoms with E-state index in [1.807, 2.05) is 0 Å². The molecule has 3 nitrogen and oxygen atoms in total. The molecule has 0 rings (SSSR count). The second-order valence-electron chi connectivity index (χ2n) is 4.28. The van der Waals surface area contributed by atoms with Crippen molar-refractivity contribution in [2.45, 2.75) is 65.2 Å². The molecule has 4 heteroatoms. The summed E-state index contributed by atoms with van der Waals surface area (Å²) in [6.07, 6.45) is 11.5. The van der Waals surface area contributed by atoms with Crippen LogP contribution in [0.3, 0.4) is 0 Å². The maximum atomic E-state index is 11.3. The summed E-state index contributed by atoms with van der Waals surface area (Å²) in [4.78, 5) is 9.26. The van der Waals surface area contributed by atoms with Crippen LogP contribution in [-0.4, -0.2) is 11.5 Å². The smallest absolute Gasteiger partial charge is 0.321 e. The van der Waals surface area contributed by atoms with Gasteiger partial charge < -0.3 is 9.42 Å². The van der Waals surface area contributed by atoms with Crippen molar-refractivity contribution in [1.29, 1.82) is 0 Å². The molecule has 0 aliphatic carbocycles. The van der Waals surface area contributed by atoms with Crippen LogP contribution in [0.1, 0.15) is 65.2 Å². The van der Waals surface area contributed by atoms with E-state index in [-0.39, 0.29) is 6.61 Å². The summed E-state index contributed by atoms with van der Waals surface area (Å²) >= 11 is 0. The maximum Gasteiger partial charge on any atom is 0.351 e. The minimum Gasteiger partial charge on any atom is -0.321 e. The quantitative estimate of drug-likeness (QED) is 0.427. The summed E-state index contributed by atoms with van der Waals surface area (Å²) in [7, 11) is -3.44. The third-order valence-corrected chi connectivity index (χ3v) is 3.80. The molecule has 0 heterocycles.